The maximum absolute atomic E-state index is 13.2. The van der Waals surface area contributed by atoms with Crippen LogP contribution in [0.1, 0.15) is 18.9 Å². The number of nitrogens with one attached hydrogen (secondary N) is 1. The summed E-state index contributed by atoms with van der Waals surface area (Å²) in [6, 6.07) is 6.33. The van der Waals surface area contributed by atoms with Crippen LogP contribution in [-0.2, 0) is 4.79 Å². The minimum absolute atomic E-state index is 0.0189. The molecule has 1 aliphatic heterocycles. The lowest BCUT2D eigenvalue weighted by atomic mass is 10.1. The summed E-state index contributed by atoms with van der Waals surface area (Å²) in [5.41, 5.74) is 1.55. The van der Waals surface area contributed by atoms with E-state index in [9.17, 15) is 9.18 Å². The lowest BCUT2D eigenvalue weighted by Gasteiger charge is -2.15. The van der Waals surface area contributed by atoms with Gasteiger partial charge in [0, 0.05) is 19.2 Å². The van der Waals surface area contributed by atoms with Crippen LogP contribution < -0.4 is 5.32 Å². The molecule has 2 rings (SSSR count). The Hall–Kier alpha value is -1.68. The molecule has 1 amide bonds. The average Bonchev–Trinajstić information content (AvgIpc) is 2.88. The molecule has 1 fully saturated rings. The van der Waals surface area contributed by atoms with Gasteiger partial charge in [-0.05, 0) is 56.1 Å². The molecule has 0 radical (unpaired) electrons. The number of amides is 1. The zero-order valence-electron chi connectivity index (χ0n) is 12.0. The van der Waals surface area contributed by atoms with E-state index in [2.05, 4.69) is 5.32 Å². The largest absolute Gasteiger partial charge is 0.339 e. The molecule has 0 aliphatic carbocycles. The van der Waals surface area contributed by atoms with Crippen molar-refractivity contribution in [2.75, 3.05) is 26.7 Å². The second-order valence-corrected chi connectivity index (χ2v) is 5.33. The Balaban J connectivity index is 2.01. The molecular weight excluding hydrogens is 255 g/mol. The molecule has 0 aromatic heterocycles. The number of rotatable bonds is 4. The molecule has 0 saturated carbocycles. The molecule has 1 aromatic rings. The van der Waals surface area contributed by atoms with Gasteiger partial charge in [-0.25, -0.2) is 4.39 Å². The van der Waals surface area contributed by atoms with E-state index < -0.39 is 0 Å². The van der Waals surface area contributed by atoms with Crippen LogP contribution in [0.4, 0.5) is 4.39 Å². The highest BCUT2D eigenvalue weighted by molar-refractivity contribution is 5.95. The summed E-state index contributed by atoms with van der Waals surface area (Å²) in [4.78, 5) is 14.1. The third-order valence-electron chi connectivity index (χ3n) is 3.71. The number of nitrogens with zero attached hydrogens (tertiary/aromatic N) is 1. The van der Waals surface area contributed by atoms with E-state index in [1.165, 1.54) is 12.1 Å². The molecule has 1 atom stereocenters. The Morgan fingerprint density at radius 3 is 3.05 bits per heavy atom. The highest BCUT2D eigenvalue weighted by atomic mass is 19.1. The molecule has 3 nitrogen and oxygen atoms in total. The zero-order chi connectivity index (χ0) is 14.5. The summed E-state index contributed by atoms with van der Waals surface area (Å²) < 4.78 is 13.2. The number of allylic oxidation sites excluding steroid dienone is 1. The number of benzene rings is 1. The number of carbonyl (C=O) groups excluding carboxylic acids is 1. The minimum Gasteiger partial charge on any atom is -0.339 e. The Bertz CT molecular complexity index is 513. The maximum atomic E-state index is 13.2. The minimum atomic E-state index is -0.280. The van der Waals surface area contributed by atoms with Crippen molar-refractivity contribution in [2.45, 2.75) is 13.3 Å². The Morgan fingerprint density at radius 1 is 1.55 bits per heavy atom. The molecule has 0 spiro atoms. The second-order valence-electron chi connectivity index (χ2n) is 5.33. The van der Waals surface area contributed by atoms with E-state index in [-0.39, 0.29) is 11.7 Å². The molecule has 108 valence electrons. The van der Waals surface area contributed by atoms with Crippen LogP contribution >= 0.6 is 0 Å². The molecular formula is C16H21FN2O. The van der Waals surface area contributed by atoms with Gasteiger partial charge in [-0.1, -0.05) is 12.1 Å². The molecule has 1 N–H and O–H groups in total. The van der Waals surface area contributed by atoms with E-state index in [1.54, 1.807) is 12.1 Å². The van der Waals surface area contributed by atoms with Crippen molar-refractivity contribution >= 4 is 11.5 Å². The van der Waals surface area contributed by atoms with Gasteiger partial charge >= 0.3 is 0 Å². The predicted octanol–water partition coefficient (Wildman–Crippen LogP) is 2.30. The lowest BCUT2D eigenvalue weighted by molar-refractivity contribution is -0.125. The third kappa shape index (κ3) is 3.67. The van der Waals surface area contributed by atoms with Crippen LogP contribution in [0, 0.1) is 11.7 Å². The fourth-order valence-corrected chi connectivity index (χ4v) is 2.58. The SMILES string of the molecule is CNCC1CCN(C(=O)/C=C(/C)c2cccc(F)c2)C1. The number of hydrogen-bond donors (Lipinski definition) is 1. The van der Waals surface area contributed by atoms with Gasteiger partial charge in [-0.15, -0.1) is 0 Å². The van der Waals surface area contributed by atoms with Gasteiger partial charge < -0.3 is 10.2 Å². The molecule has 1 unspecified atom stereocenters. The summed E-state index contributed by atoms with van der Waals surface area (Å²) in [7, 11) is 1.93. The van der Waals surface area contributed by atoms with Crippen molar-refractivity contribution in [3.63, 3.8) is 0 Å². The molecule has 20 heavy (non-hydrogen) atoms. The van der Waals surface area contributed by atoms with Crippen LogP contribution in [-0.4, -0.2) is 37.5 Å². The maximum Gasteiger partial charge on any atom is 0.246 e. The zero-order valence-corrected chi connectivity index (χ0v) is 12.0. The molecule has 1 saturated heterocycles. The van der Waals surface area contributed by atoms with Gasteiger partial charge in [0.05, 0.1) is 0 Å². The summed E-state index contributed by atoms with van der Waals surface area (Å²) in [6.07, 6.45) is 2.65. The lowest BCUT2D eigenvalue weighted by Crippen LogP contribution is -2.29. The number of halogens is 1. The number of carbonyl (C=O) groups is 1. The van der Waals surface area contributed by atoms with Crippen LogP contribution in [0.15, 0.2) is 30.3 Å². The average molecular weight is 276 g/mol. The predicted molar refractivity (Wildman–Crippen MR) is 78.7 cm³/mol. The second kappa shape index (κ2) is 6.66. The van der Waals surface area contributed by atoms with Gasteiger partial charge in [0.25, 0.3) is 0 Å². The van der Waals surface area contributed by atoms with Gasteiger partial charge in [-0.2, -0.15) is 0 Å². The first-order chi connectivity index (χ1) is 9.60. The topological polar surface area (TPSA) is 32.3 Å². The molecule has 1 aliphatic rings. The number of likely N-dealkylation sites (tertiary alicyclic amines) is 1. The van der Waals surface area contributed by atoms with E-state index in [0.29, 0.717) is 5.92 Å². The normalized spacial score (nSPS) is 19.4. The van der Waals surface area contributed by atoms with Gasteiger partial charge in [0.1, 0.15) is 5.82 Å². The van der Waals surface area contributed by atoms with Crippen molar-refractivity contribution in [2.24, 2.45) is 5.92 Å². The monoisotopic (exact) mass is 276 g/mol. The molecule has 1 aromatic carbocycles. The highest BCUT2D eigenvalue weighted by Crippen LogP contribution is 2.19. The number of hydrogen-bond acceptors (Lipinski definition) is 2. The van der Waals surface area contributed by atoms with E-state index >= 15 is 0 Å². The molecule has 0 bridgehead atoms. The van der Waals surface area contributed by atoms with Crippen molar-refractivity contribution in [1.82, 2.24) is 10.2 Å². The van der Waals surface area contributed by atoms with Gasteiger partial charge in [-0.3, -0.25) is 4.79 Å². The van der Waals surface area contributed by atoms with Crippen LogP contribution in [0.3, 0.4) is 0 Å². The van der Waals surface area contributed by atoms with Crippen molar-refractivity contribution < 1.29 is 9.18 Å². The summed E-state index contributed by atoms with van der Waals surface area (Å²) in [5, 5.41) is 3.15. The van der Waals surface area contributed by atoms with E-state index in [4.69, 9.17) is 0 Å². The molecule has 1 heterocycles. The van der Waals surface area contributed by atoms with Gasteiger partial charge in [0.15, 0.2) is 0 Å². The first-order valence-electron chi connectivity index (χ1n) is 6.98. The Kier molecular flexibility index (Phi) is 4.90. The summed E-state index contributed by atoms with van der Waals surface area (Å²) in [6.45, 7) is 4.38. The fraction of sp³-hybridized carbons (Fsp3) is 0.438. The van der Waals surface area contributed by atoms with E-state index in [0.717, 1.165) is 37.2 Å². The summed E-state index contributed by atoms with van der Waals surface area (Å²) >= 11 is 0. The van der Waals surface area contributed by atoms with Crippen molar-refractivity contribution in [1.29, 1.82) is 0 Å². The van der Waals surface area contributed by atoms with Crippen LogP contribution in [0.5, 0.6) is 0 Å². The first kappa shape index (κ1) is 14.7. The fourth-order valence-electron chi connectivity index (χ4n) is 2.58. The van der Waals surface area contributed by atoms with Crippen LogP contribution in [0.25, 0.3) is 5.57 Å². The quantitative estimate of drug-likeness (QED) is 0.856. The first-order valence-corrected chi connectivity index (χ1v) is 6.98. The third-order valence-corrected chi connectivity index (χ3v) is 3.71. The molecule has 4 heteroatoms. The van der Waals surface area contributed by atoms with Crippen molar-refractivity contribution in [3.8, 4) is 0 Å². The Morgan fingerprint density at radius 2 is 2.35 bits per heavy atom. The highest BCUT2D eigenvalue weighted by Gasteiger charge is 2.24. The smallest absolute Gasteiger partial charge is 0.246 e. The summed E-state index contributed by atoms with van der Waals surface area (Å²) in [5.74, 6) is 0.273. The van der Waals surface area contributed by atoms with Crippen LogP contribution in [0.2, 0.25) is 0 Å². The standard InChI is InChI=1S/C16H21FN2O/c1-12(14-4-3-5-15(17)9-14)8-16(20)19-7-6-13(11-19)10-18-2/h3-5,8-9,13,18H,6-7,10-11H2,1-2H3/b12-8-. The van der Waals surface area contributed by atoms with Crippen molar-refractivity contribution in [3.05, 3.63) is 41.7 Å². The van der Waals surface area contributed by atoms with Gasteiger partial charge in [0.2, 0.25) is 5.91 Å². The Labute approximate surface area is 119 Å². The van der Waals surface area contributed by atoms with E-state index in [1.807, 2.05) is 24.9 Å².